The van der Waals surface area contributed by atoms with Crippen molar-refractivity contribution in [1.82, 2.24) is 5.32 Å². The average Bonchev–Trinajstić information content (AvgIpc) is 3.29. The van der Waals surface area contributed by atoms with Gasteiger partial charge in [-0.3, -0.25) is 4.79 Å². The van der Waals surface area contributed by atoms with E-state index in [1.165, 1.54) is 5.56 Å². The summed E-state index contributed by atoms with van der Waals surface area (Å²) in [5.41, 5.74) is 2.35. The second-order valence-electron chi connectivity index (χ2n) is 5.50. The molecule has 0 saturated heterocycles. The lowest BCUT2D eigenvalue weighted by molar-refractivity contribution is -0.122. The Morgan fingerprint density at radius 2 is 1.81 bits per heavy atom. The fraction of sp³-hybridized carbons (Fsp3) is 0.278. The van der Waals surface area contributed by atoms with Crippen molar-refractivity contribution in [3.8, 4) is 0 Å². The summed E-state index contributed by atoms with van der Waals surface area (Å²) in [6.07, 6.45) is 1.77. The molecular weight excluding hydrogens is 282 g/mol. The molecule has 3 rings (SSSR count). The number of hydrogen-bond acceptors (Lipinski definition) is 1. The van der Waals surface area contributed by atoms with Gasteiger partial charge in [-0.1, -0.05) is 60.1 Å². The van der Waals surface area contributed by atoms with Gasteiger partial charge in [0.15, 0.2) is 0 Å². The lowest BCUT2D eigenvalue weighted by atomic mass is 10.1. The van der Waals surface area contributed by atoms with Crippen LogP contribution in [-0.4, -0.2) is 12.5 Å². The Labute approximate surface area is 130 Å². The fourth-order valence-corrected chi connectivity index (χ4v) is 2.99. The zero-order valence-corrected chi connectivity index (χ0v) is 12.5. The number of benzene rings is 2. The van der Waals surface area contributed by atoms with Gasteiger partial charge in [0.05, 0.1) is 0 Å². The quantitative estimate of drug-likeness (QED) is 0.894. The first kappa shape index (κ1) is 14.2. The van der Waals surface area contributed by atoms with E-state index in [2.05, 4.69) is 17.4 Å². The average molecular weight is 300 g/mol. The van der Waals surface area contributed by atoms with E-state index >= 15 is 0 Å². The van der Waals surface area contributed by atoms with Crippen LogP contribution < -0.4 is 5.32 Å². The van der Waals surface area contributed by atoms with Gasteiger partial charge in [0.25, 0.3) is 0 Å². The Balaban J connectivity index is 1.49. The molecule has 2 aromatic rings. The van der Waals surface area contributed by atoms with Crippen molar-refractivity contribution < 1.29 is 4.79 Å². The summed E-state index contributed by atoms with van der Waals surface area (Å²) in [6.45, 7) is 0.689. The molecule has 2 unspecified atom stereocenters. The first-order valence-electron chi connectivity index (χ1n) is 7.32. The number of amides is 1. The molecule has 2 aromatic carbocycles. The van der Waals surface area contributed by atoms with Crippen LogP contribution in [0.25, 0.3) is 0 Å². The van der Waals surface area contributed by atoms with E-state index in [-0.39, 0.29) is 17.7 Å². The summed E-state index contributed by atoms with van der Waals surface area (Å²) in [5.74, 6) is 0.520. The molecule has 1 aliphatic carbocycles. The second-order valence-corrected chi connectivity index (χ2v) is 5.90. The molecule has 0 bridgehead atoms. The van der Waals surface area contributed by atoms with Crippen LogP contribution in [-0.2, 0) is 11.2 Å². The Bertz CT molecular complexity index is 626. The van der Waals surface area contributed by atoms with Gasteiger partial charge in [-0.05, 0) is 36.0 Å². The van der Waals surface area contributed by atoms with E-state index in [9.17, 15) is 4.79 Å². The van der Waals surface area contributed by atoms with E-state index in [1.807, 2.05) is 42.5 Å². The largest absolute Gasteiger partial charge is 0.356 e. The normalized spacial score (nSPS) is 20.0. The molecule has 0 radical (unpaired) electrons. The number of hydrogen-bond donors (Lipinski definition) is 1. The number of rotatable bonds is 5. The highest BCUT2D eigenvalue weighted by Crippen LogP contribution is 2.49. The van der Waals surface area contributed by atoms with Crippen LogP contribution in [0, 0.1) is 5.92 Å². The predicted molar refractivity (Wildman–Crippen MR) is 85.5 cm³/mol. The summed E-state index contributed by atoms with van der Waals surface area (Å²) in [5, 5.41) is 3.80. The minimum Gasteiger partial charge on any atom is -0.356 e. The van der Waals surface area contributed by atoms with Crippen LogP contribution in [0.3, 0.4) is 0 Å². The highest BCUT2D eigenvalue weighted by molar-refractivity contribution is 6.31. The zero-order valence-electron chi connectivity index (χ0n) is 11.8. The summed E-state index contributed by atoms with van der Waals surface area (Å²) >= 11 is 6.18. The Morgan fingerprint density at radius 1 is 1.10 bits per heavy atom. The molecule has 1 aliphatic rings. The SMILES string of the molecule is O=C(NCCc1ccccc1)C1CC1c1ccccc1Cl. The molecule has 108 valence electrons. The molecule has 0 heterocycles. The number of carbonyl (C=O) groups is 1. The summed E-state index contributed by atoms with van der Waals surface area (Å²) in [6, 6.07) is 18.0. The Morgan fingerprint density at radius 3 is 2.57 bits per heavy atom. The maximum Gasteiger partial charge on any atom is 0.223 e. The molecule has 1 fully saturated rings. The van der Waals surface area contributed by atoms with Gasteiger partial charge in [0.2, 0.25) is 5.91 Å². The molecule has 2 nitrogen and oxygen atoms in total. The number of nitrogens with one attached hydrogen (secondary N) is 1. The third kappa shape index (κ3) is 3.45. The predicted octanol–water partition coefficient (Wildman–Crippen LogP) is 3.80. The van der Waals surface area contributed by atoms with E-state index in [4.69, 9.17) is 11.6 Å². The van der Waals surface area contributed by atoms with E-state index in [1.54, 1.807) is 0 Å². The van der Waals surface area contributed by atoms with Gasteiger partial charge in [-0.25, -0.2) is 0 Å². The van der Waals surface area contributed by atoms with Crippen molar-refractivity contribution >= 4 is 17.5 Å². The molecule has 21 heavy (non-hydrogen) atoms. The first-order valence-corrected chi connectivity index (χ1v) is 7.69. The van der Waals surface area contributed by atoms with Gasteiger partial charge in [0, 0.05) is 17.5 Å². The molecule has 1 saturated carbocycles. The number of carbonyl (C=O) groups excluding carboxylic acids is 1. The maximum atomic E-state index is 12.1. The van der Waals surface area contributed by atoms with Crippen LogP contribution in [0.5, 0.6) is 0 Å². The molecule has 1 amide bonds. The molecule has 0 spiro atoms. The molecule has 0 aliphatic heterocycles. The third-order valence-corrected chi connectivity index (χ3v) is 4.33. The zero-order chi connectivity index (χ0) is 14.7. The third-order valence-electron chi connectivity index (χ3n) is 3.99. The van der Waals surface area contributed by atoms with Crippen molar-refractivity contribution in [2.24, 2.45) is 5.92 Å². The topological polar surface area (TPSA) is 29.1 Å². The van der Waals surface area contributed by atoms with E-state index < -0.39 is 0 Å². The summed E-state index contributed by atoms with van der Waals surface area (Å²) in [4.78, 5) is 12.1. The minimum absolute atomic E-state index is 0.0840. The molecule has 3 heteroatoms. The van der Waals surface area contributed by atoms with E-state index in [0.29, 0.717) is 6.54 Å². The van der Waals surface area contributed by atoms with Crippen molar-refractivity contribution in [1.29, 1.82) is 0 Å². The highest BCUT2D eigenvalue weighted by atomic mass is 35.5. The minimum atomic E-state index is 0.0840. The Kier molecular flexibility index (Phi) is 4.26. The lowest BCUT2D eigenvalue weighted by Gasteiger charge is -2.06. The van der Waals surface area contributed by atoms with Crippen LogP contribution in [0.15, 0.2) is 54.6 Å². The van der Waals surface area contributed by atoms with Gasteiger partial charge >= 0.3 is 0 Å². The van der Waals surface area contributed by atoms with E-state index in [0.717, 1.165) is 23.4 Å². The van der Waals surface area contributed by atoms with Gasteiger partial charge in [0.1, 0.15) is 0 Å². The van der Waals surface area contributed by atoms with Crippen molar-refractivity contribution in [2.45, 2.75) is 18.8 Å². The number of halogens is 1. The first-order chi connectivity index (χ1) is 10.3. The molecule has 0 aromatic heterocycles. The second kappa shape index (κ2) is 6.31. The highest BCUT2D eigenvalue weighted by Gasteiger charge is 2.44. The standard InChI is InChI=1S/C18H18ClNO/c19-17-9-5-4-8-14(17)15-12-16(15)18(21)20-11-10-13-6-2-1-3-7-13/h1-9,15-16H,10-12H2,(H,20,21). The van der Waals surface area contributed by atoms with Crippen molar-refractivity contribution in [2.75, 3.05) is 6.54 Å². The summed E-state index contributed by atoms with van der Waals surface area (Å²) in [7, 11) is 0. The maximum absolute atomic E-state index is 12.1. The lowest BCUT2D eigenvalue weighted by Crippen LogP contribution is -2.27. The monoisotopic (exact) mass is 299 g/mol. The molecule has 1 N–H and O–H groups in total. The van der Waals surface area contributed by atoms with Crippen LogP contribution >= 0.6 is 11.6 Å². The molecule has 2 atom stereocenters. The van der Waals surface area contributed by atoms with Gasteiger partial charge in [-0.15, -0.1) is 0 Å². The van der Waals surface area contributed by atoms with Crippen molar-refractivity contribution in [3.05, 3.63) is 70.7 Å². The van der Waals surface area contributed by atoms with Crippen molar-refractivity contribution in [3.63, 3.8) is 0 Å². The summed E-state index contributed by atoms with van der Waals surface area (Å²) < 4.78 is 0. The van der Waals surface area contributed by atoms with Crippen LogP contribution in [0.4, 0.5) is 0 Å². The molecular formula is C18H18ClNO. The smallest absolute Gasteiger partial charge is 0.223 e. The fourth-order valence-electron chi connectivity index (χ4n) is 2.71. The van der Waals surface area contributed by atoms with Gasteiger partial charge < -0.3 is 5.32 Å². The Hall–Kier alpha value is -1.80. The van der Waals surface area contributed by atoms with Crippen LogP contribution in [0.2, 0.25) is 5.02 Å². The van der Waals surface area contributed by atoms with Crippen LogP contribution in [0.1, 0.15) is 23.5 Å². The van der Waals surface area contributed by atoms with Gasteiger partial charge in [-0.2, -0.15) is 0 Å².